The van der Waals surface area contributed by atoms with Crippen LogP contribution in [0, 0.1) is 0 Å². The molecular formula is C11H11N3S. The van der Waals surface area contributed by atoms with Gasteiger partial charge in [-0.3, -0.25) is 4.98 Å². The third kappa shape index (κ3) is 1.66. The second-order valence-electron chi connectivity index (χ2n) is 3.64. The van der Waals surface area contributed by atoms with Crippen molar-refractivity contribution in [2.45, 2.75) is 5.92 Å². The zero-order valence-corrected chi connectivity index (χ0v) is 9.00. The summed E-state index contributed by atoms with van der Waals surface area (Å²) in [4.78, 5) is 8.91. The van der Waals surface area contributed by atoms with Crippen molar-refractivity contribution in [3.63, 3.8) is 0 Å². The lowest BCUT2D eigenvalue weighted by molar-refractivity contribution is 0.447. The summed E-state index contributed by atoms with van der Waals surface area (Å²) in [5.41, 5.74) is 1.97. The van der Waals surface area contributed by atoms with Gasteiger partial charge in [-0.25, -0.2) is 4.98 Å². The summed E-state index contributed by atoms with van der Waals surface area (Å²) >= 11 is 1.74. The molecular weight excluding hydrogens is 206 g/mol. The molecule has 1 aliphatic heterocycles. The van der Waals surface area contributed by atoms with Crippen LogP contribution in [0.25, 0.3) is 11.4 Å². The summed E-state index contributed by atoms with van der Waals surface area (Å²) in [6.07, 6.45) is 1.80. The zero-order valence-electron chi connectivity index (χ0n) is 8.18. The van der Waals surface area contributed by atoms with Crippen LogP contribution in [0.15, 0.2) is 29.8 Å². The van der Waals surface area contributed by atoms with E-state index in [1.165, 1.54) is 5.01 Å². The van der Waals surface area contributed by atoms with E-state index in [-0.39, 0.29) is 0 Å². The van der Waals surface area contributed by atoms with Crippen LogP contribution in [-0.4, -0.2) is 23.1 Å². The van der Waals surface area contributed by atoms with Crippen LogP contribution < -0.4 is 5.32 Å². The van der Waals surface area contributed by atoms with Crippen LogP contribution in [0.1, 0.15) is 10.9 Å². The van der Waals surface area contributed by atoms with Gasteiger partial charge >= 0.3 is 0 Å². The highest BCUT2D eigenvalue weighted by molar-refractivity contribution is 7.10. The number of pyridine rings is 1. The van der Waals surface area contributed by atoms with Gasteiger partial charge in [-0.05, 0) is 12.1 Å². The number of aromatic nitrogens is 2. The molecule has 2 aromatic rings. The molecule has 0 radical (unpaired) electrons. The number of nitrogens with zero attached hydrogens (tertiary/aromatic N) is 2. The molecule has 0 bridgehead atoms. The topological polar surface area (TPSA) is 37.8 Å². The van der Waals surface area contributed by atoms with Crippen molar-refractivity contribution in [1.82, 2.24) is 15.3 Å². The van der Waals surface area contributed by atoms with E-state index in [2.05, 4.69) is 20.7 Å². The van der Waals surface area contributed by atoms with Gasteiger partial charge in [-0.1, -0.05) is 6.07 Å². The van der Waals surface area contributed by atoms with Crippen LogP contribution in [0.4, 0.5) is 0 Å². The molecule has 76 valence electrons. The van der Waals surface area contributed by atoms with Crippen molar-refractivity contribution in [2.75, 3.05) is 13.1 Å². The van der Waals surface area contributed by atoms with Gasteiger partial charge in [0.05, 0.1) is 16.4 Å². The second-order valence-corrected chi connectivity index (χ2v) is 4.53. The van der Waals surface area contributed by atoms with Crippen molar-refractivity contribution < 1.29 is 0 Å². The molecule has 1 saturated heterocycles. The fourth-order valence-electron chi connectivity index (χ4n) is 1.57. The van der Waals surface area contributed by atoms with Gasteiger partial charge in [0.25, 0.3) is 0 Å². The molecule has 0 unspecified atom stereocenters. The Morgan fingerprint density at radius 3 is 2.87 bits per heavy atom. The fraction of sp³-hybridized carbons (Fsp3) is 0.273. The minimum atomic E-state index is 0.618. The van der Waals surface area contributed by atoms with Gasteiger partial charge in [0.2, 0.25) is 0 Å². The highest BCUT2D eigenvalue weighted by Crippen LogP contribution is 2.27. The summed E-state index contributed by atoms with van der Waals surface area (Å²) in [5.74, 6) is 0.618. The molecule has 2 aromatic heterocycles. The number of rotatable bonds is 2. The molecule has 1 aliphatic rings. The molecule has 0 amide bonds. The summed E-state index contributed by atoms with van der Waals surface area (Å²) in [7, 11) is 0. The van der Waals surface area contributed by atoms with Crippen molar-refractivity contribution >= 4 is 11.3 Å². The van der Waals surface area contributed by atoms with Crippen LogP contribution in [0.2, 0.25) is 0 Å². The lowest BCUT2D eigenvalue weighted by atomic mass is 10.1. The first kappa shape index (κ1) is 9.00. The van der Waals surface area contributed by atoms with E-state index in [1.807, 2.05) is 18.2 Å². The van der Waals surface area contributed by atoms with Crippen molar-refractivity contribution in [3.8, 4) is 11.4 Å². The molecule has 3 nitrogen and oxygen atoms in total. The minimum Gasteiger partial charge on any atom is -0.315 e. The SMILES string of the molecule is c1ccc(-c2csc(C3CNC3)n2)nc1. The smallest absolute Gasteiger partial charge is 0.0998 e. The minimum absolute atomic E-state index is 0.618. The molecule has 4 heteroatoms. The number of nitrogens with one attached hydrogen (secondary N) is 1. The average Bonchev–Trinajstić information content (AvgIpc) is 2.66. The van der Waals surface area contributed by atoms with E-state index >= 15 is 0 Å². The summed E-state index contributed by atoms with van der Waals surface area (Å²) in [5, 5.41) is 6.58. The zero-order chi connectivity index (χ0) is 10.1. The molecule has 3 heterocycles. The van der Waals surface area contributed by atoms with Gasteiger partial charge in [-0.2, -0.15) is 0 Å². The first-order valence-corrected chi connectivity index (χ1v) is 5.89. The third-order valence-corrected chi connectivity index (χ3v) is 3.59. The van der Waals surface area contributed by atoms with Crippen LogP contribution >= 0.6 is 11.3 Å². The maximum absolute atomic E-state index is 4.62. The Balaban J connectivity index is 1.90. The van der Waals surface area contributed by atoms with Gasteiger partial charge in [0, 0.05) is 30.6 Å². The summed E-state index contributed by atoms with van der Waals surface area (Å²) in [6.45, 7) is 2.13. The standard InChI is InChI=1S/C11H11N3S/c1-2-4-13-9(3-1)10-7-15-11(14-10)8-5-12-6-8/h1-4,7-8,12H,5-6H2. The molecule has 0 spiro atoms. The molecule has 0 aromatic carbocycles. The highest BCUT2D eigenvalue weighted by Gasteiger charge is 2.22. The van der Waals surface area contributed by atoms with E-state index in [9.17, 15) is 0 Å². The maximum atomic E-state index is 4.62. The lowest BCUT2D eigenvalue weighted by Gasteiger charge is -2.24. The highest BCUT2D eigenvalue weighted by atomic mass is 32.1. The Morgan fingerprint density at radius 1 is 1.27 bits per heavy atom. The first-order valence-electron chi connectivity index (χ1n) is 5.01. The second kappa shape index (κ2) is 3.72. The van der Waals surface area contributed by atoms with Gasteiger partial charge in [-0.15, -0.1) is 11.3 Å². The van der Waals surface area contributed by atoms with Gasteiger partial charge in [0.15, 0.2) is 0 Å². The molecule has 1 N–H and O–H groups in total. The van der Waals surface area contributed by atoms with Crippen molar-refractivity contribution in [1.29, 1.82) is 0 Å². The largest absolute Gasteiger partial charge is 0.315 e. The molecule has 0 aliphatic carbocycles. The number of hydrogen-bond acceptors (Lipinski definition) is 4. The molecule has 0 saturated carbocycles. The van der Waals surface area contributed by atoms with E-state index < -0.39 is 0 Å². The molecule has 15 heavy (non-hydrogen) atoms. The third-order valence-electron chi connectivity index (χ3n) is 2.58. The van der Waals surface area contributed by atoms with E-state index in [0.29, 0.717) is 5.92 Å². The lowest BCUT2D eigenvalue weighted by Crippen LogP contribution is -2.39. The van der Waals surface area contributed by atoms with Crippen LogP contribution in [0.5, 0.6) is 0 Å². The fourth-order valence-corrected chi connectivity index (χ4v) is 2.49. The van der Waals surface area contributed by atoms with E-state index in [1.54, 1.807) is 17.5 Å². The molecule has 3 rings (SSSR count). The Bertz CT molecular complexity index is 448. The van der Waals surface area contributed by atoms with E-state index in [0.717, 1.165) is 24.5 Å². The number of hydrogen-bond donors (Lipinski definition) is 1. The number of thiazole rings is 1. The molecule has 0 atom stereocenters. The van der Waals surface area contributed by atoms with Crippen molar-refractivity contribution in [2.24, 2.45) is 0 Å². The summed E-state index contributed by atoms with van der Waals surface area (Å²) in [6, 6.07) is 5.91. The van der Waals surface area contributed by atoms with Crippen LogP contribution in [-0.2, 0) is 0 Å². The van der Waals surface area contributed by atoms with Crippen molar-refractivity contribution in [3.05, 3.63) is 34.8 Å². The first-order chi connectivity index (χ1) is 7.43. The monoisotopic (exact) mass is 217 g/mol. The Kier molecular flexibility index (Phi) is 2.23. The predicted molar refractivity (Wildman–Crippen MR) is 61.0 cm³/mol. The van der Waals surface area contributed by atoms with Gasteiger partial charge < -0.3 is 5.32 Å². The summed E-state index contributed by atoms with van der Waals surface area (Å²) < 4.78 is 0. The predicted octanol–water partition coefficient (Wildman–Crippen LogP) is 1.89. The Labute approximate surface area is 92.2 Å². The molecule has 1 fully saturated rings. The van der Waals surface area contributed by atoms with Gasteiger partial charge in [0.1, 0.15) is 0 Å². The van der Waals surface area contributed by atoms with E-state index in [4.69, 9.17) is 0 Å². The maximum Gasteiger partial charge on any atom is 0.0998 e. The Hall–Kier alpha value is -1.26. The normalized spacial score (nSPS) is 16.3. The average molecular weight is 217 g/mol. The Morgan fingerprint density at radius 2 is 2.20 bits per heavy atom. The quantitative estimate of drug-likeness (QED) is 0.834. The van der Waals surface area contributed by atoms with Crippen LogP contribution in [0.3, 0.4) is 0 Å².